The molecule has 0 spiro atoms. The Morgan fingerprint density at radius 1 is 1.32 bits per heavy atom. The summed E-state index contributed by atoms with van der Waals surface area (Å²) in [7, 11) is 1.85. The maximum atomic E-state index is 11.8. The molecule has 0 aliphatic carbocycles. The van der Waals surface area contributed by atoms with E-state index in [0.717, 1.165) is 18.7 Å². The van der Waals surface area contributed by atoms with Crippen molar-refractivity contribution in [2.24, 2.45) is 12.0 Å². The molecule has 1 amide bonds. The summed E-state index contributed by atoms with van der Waals surface area (Å²) < 4.78 is 1.80. The van der Waals surface area contributed by atoms with Gasteiger partial charge in [0.2, 0.25) is 5.91 Å². The predicted octanol–water partition coefficient (Wildman–Crippen LogP) is 3.31. The number of nitrogens with zero attached hydrogens (tertiary/aromatic N) is 2. The SMILES string of the molecule is CCNC(=NCc1cc(Cl)c(Cl)n1C)NCCC(=O)NC(C)CC.I. The first-order valence-corrected chi connectivity index (χ1v) is 8.95. The van der Waals surface area contributed by atoms with Gasteiger partial charge in [0.1, 0.15) is 5.15 Å². The monoisotopic (exact) mass is 503 g/mol. The quantitative estimate of drug-likeness (QED) is 0.289. The summed E-state index contributed by atoms with van der Waals surface area (Å²) in [6.45, 7) is 7.72. The molecule has 144 valence electrons. The zero-order valence-electron chi connectivity index (χ0n) is 15.2. The summed E-state index contributed by atoms with van der Waals surface area (Å²) in [4.78, 5) is 16.3. The van der Waals surface area contributed by atoms with E-state index >= 15 is 0 Å². The van der Waals surface area contributed by atoms with Crippen molar-refractivity contribution in [3.63, 3.8) is 0 Å². The molecule has 0 aliphatic rings. The lowest BCUT2D eigenvalue weighted by atomic mass is 10.2. The first-order chi connectivity index (χ1) is 11.4. The molecule has 0 fully saturated rings. The molecule has 0 aromatic carbocycles. The van der Waals surface area contributed by atoms with Crippen molar-refractivity contribution in [1.29, 1.82) is 0 Å². The number of nitrogens with one attached hydrogen (secondary N) is 3. The third-order valence-corrected chi connectivity index (χ3v) is 4.47. The second kappa shape index (κ2) is 12.6. The number of halogens is 3. The van der Waals surface area contributed by atoms with Crippen LogP contribution < -0.4 is 16.0 Å². The number of carbonyl (C=O) groups excluding carboxylic acids is 1. The van der Waals surface area contributed by atoms with Gasteiger partial charge in [-0.2, -0.15) is 0 Å². The van der Waals surface area contributed by atoms with Crippen LogP contribution in [0.2, 0.25) is 10.2 Å². The van der Waals surface area contributed by atoms with Crippen LogP contribution in [0.15, 0.2) is 11.1 Å². The predicted molar refractivity (Wildman–Crippen MR) is 116 cm³/mol. The maximum absolute atomic E-state index is 11.8. The van der Waals surface area contributed by atoms with Crippen molar-refractivity contribution in [3.8, 4) is 0 Å². The fourth-order valence-electron chi connectivity index (χ4n) is 1.99. The zero-order chi connectivity index (χ0) is 18.1. The van der Waals surface area contributed by atoms with Crippen molar-refractivity contribution in [3.05, 3.63) is 21.9 Å². The number of carbonyl (C=O) groups is 1. The molecule has 0 saturated carbocycles. The lowest BCUT2D eigenvalue weighted by Gasteiger charge is -2.13. The number of guanidine groups is 1. The first kappa shape index (κ1) is 24.3. The van der Waals surface area contributed by atoms with Crippen molar-refractivity contribution in [2.75, 3.05) is 13.1 Å². The van der Waals surface area contributed by atoms with Crippen molar-refractivity contribution >= 4 is 59.0 Å². The van der Waals surface area contributed by atoms with Gasteiger partial charge in [-0.3, -0.25) is 4.79 Å². The first-order valence-electron chi connectivity index (χ1n) is 8.20. The van der Waals surface area contributed by atoms with Crippen molar-refractivity contribution in [1.82, 2.24) is 20.5 Å². The Morgan fingerprint density at radius 3 is 2.52 bits per heavy atom. The topological polar surface area (TPSA) is 70.5 Å². The Balaban J connectivity index is 0.00000576. The zero-order valence-corrected chi connectivity index (χ0v) is 19.0. The molecule has 0 bridgehead atoms. The van der Waals surface area contributed by atoms with Gasteiger partial charge in [-0.05, 0) is 26.3 Å². The van der Waals surface area contributed by atoms with E-state index in [1.54, 1.807) is 10.6 Å². The molecule has 3 N–H and O–H groups in total. The van der Waals surface area contributed by atoms with E-state index in [1.165, 1.54) is 0 Å². The average molecular weight is 504 g/mol. The molecule has 25 heavy (non-hydrogen) atoms. The number of aliphatic imine (C=N–C) groups is 1. The van der Waals surface area contributed by atoms with Crippen LogP contribution in [-0.2, 0) is 18.4 Å². The second-order valence-corrected chi connectivity index (χ2v) is 6.35. The molecule has 0 aliphatic heterocycles. The normalized spacial score (nSPS) is 12.3. The van der Waals surface area contributed by atoms with Gasteiger partial charge in [-0.1, -0.05) is 30.1 Å². The van der Waals surface area contributed by atoms with Crippen LogP contribution in [0.1, 0.15) is 39.3 Å². The van der Waals surface area contributed by atoms with Crippen LogP contribution >= 0.6 is 47.2 Å². The molecule has 9 heteroatoms. The van der Waals surface area contributed by atoms with Gasteiger partial charge in [0.25, 0.3) is 0 Å². The Morgan fingerprint density at radius 2 is 2.00 bits per heavy atom. The molecule has 1 rings (SSSR count). The lowest BCUT2D eigenvalue weighted by molar-refractivity contribution is -0.121. The van der Waals surface area contributed by atoms with E-state index in [9.17, 15) is 4.79 Å². The molecule has 0 radical (unpaired) electrons. The summed E-state index contributed by atoms with van der Waals surface area (Å²) in [6.07, 6.45) is 1.32. The molecule has 0 saturated heterocycles. The highest BCUT2D eigenvalue weighted by Crippen LogP contribution is 2.25. The summed E-state index contributed by atoms with van der Waals surface area (Å²) in [6, 6.07) is 2.00. The smallest absolute Gasteiger partial charge is 0.221 e. The molecule has 1 aromatic heterocycles. The van der Waals surface area contributed by atoms with Crippen LogP contribution in [0.5, 0.6) is 0 Å². The van der Waals surface area contributed by atoms with E-state index in [0.29, 0.717) is 35.6 Å². The fourth-order valence-corrected chi connectivity index (χ4v) is 2.40. The van der Waals surface area contributed by atoms with E-state index < -0.39 is 0 Å². The summed E-state index contributed by atoms with van der Waals surface area (Å²) in [5, 5.41) is 10.3. The fraction of sp³-hybridized carbons (Fsp3) is 0.625. The summed E-state index contributed by atoms with van der Waals surface area (Å²) in [5.74, 6) is 0.691. The summed E-state index contributed by atoms with van der Waals surface area (Å²) in [5.41, 5.74) is 0.914. The Hall–Kier alpha value is -0.670. The van der Waals surface area contributed by atoms with E-state index in [4.69, 9.17) is 23.2 Å². The van der Waals surface area contributed by atoms with Gasteiger partial charge in [0, 0.05) is 38.3 Å². The molecule has 1 heterocycles. The number of rotatable bonds is 8. The minimum atomic E-state index is 0. The second-order valence-electron chi connectivity index (χ2n) is 5.58. The van der Waals surface area contributed by atoms with Crippen LogP contribution in [-0.4, -0.2) is 35.6 Å². The van der Waals surface area contributed by atoms with Gasteiger partial charge < -0.3 is 20.5 Å². The Bertz CT molecular complexity index is 577. The number of hydrogen-bond donors (Lipinski definition) is 3. The lowest BCUT2D eigenvalue weighted by Crippen LogP contribution is -2.40. The Labute approximate surface area is 177 Å². The third-order valence-electron chi connectivity index (χ3n) is 3.62. The van der Waals surface area contributed by atoms with Crippen molar-refractivity contribution < 1.29 is 4.79 Å². The largest absolute Gasteiger partial charge is 0.357 e. The third kappa shape index (κ3) is 8.50. The molecule has 1 aromatic rings. The van der Waals surface area contributed by atoms with Crippen LogP contribution in [0.4, 0.5) is 0 Å². The minimum absolute atomic E-state index is 0. The van der Waals surface area contributed by atoms with E-state index in [2.05, 4.69) is 20.9 Å². The van der Waals surface area contributed by atoms with E-state index in [1.807, 2.05) is 27.8 Å². The number of amides is 1. The summed E-state index contributed by atoms with van der Waals surface area (Å²) >= 11 is 12.1. The van der Waals surface area contributed by atoms with Crippen LogP contribution in [0.25, 0.3) is 0 Å². The highest BCUT2D eigenvalue weighted by molar-refractivity contribution is 14.0. The molecular formula is C16H28Cl2IN5O. The standard InChI is InChI=1S/C16H27Cl2N5O.HI/c1-5-11(3)22-14(24)7-8-20-16(19-6-2)21-10-12-9-13(17)15(18)23(12)4;/h9,11H,5-8,10H2,1-4H3,(H,22,24)(H2,19,20,21);1H. The van der Waals surface area contributed by atoms with Gasteiger partial charge in [-0.15, -0.1) is 24.0 Å². The highest BCUT2D eigenvalue weighted by Gasteiger charge is 2.09. The maximum Gasteiger partial charge on any atom is 0.221 e. The van der Waals surface area contributed by atoms with Gasteiger partial charge in [0.05, 0.1) is 11.6 Å². The molecule has 1 atom stereocenters. The Kier molecular flexibility index (Phi) is 12.3. The van der Waals surface area contributed by atoms with Gasteiger partial charge >= 0.3 is 0 Å². The molecule has 1 unspecified atom stereocenters. The van der Waals surface area contributed by atoms with Crippen molar-refractivity contribution in [2.45, 2.75) is 46.2 Å². The number of hydrogen-bond acceptors (Lipinski definition) is 2. The van der Waals surface area contributed by atoms with Gasteiger partial charge in [0.15, 0.2) is 5.96 Å². The van der Waals surface area contributed by atoms with Crippen LogP contribution in [0, 0.1) is 0 Å². The average Bonchev–Trinajstić information content (AvgIpc) is 2.79. The van der Waals surface area contributed by atoms with Gasteiger partial charge in [-0.25, -0.2) is 4.99 Å². The minimum Gasteiger partial charge on any atom is -0.357 e. The highest BCUT2D eigenvalue weighted by atomic mass is 127. The molecule has 6 nitrogen and oxygen atoms in total. The van der Waals surface area contributed by atoms with E-state index in [-0.39, 0.29) is 35.9 Å². The number of aromatic nitrogens is 1. The molecular weight excluding hydrogens is 476 g/mol. The van der Waals surface area contributed by atoms with Crippen LogP contribution in [0.3, 0.4) is 0 Å².